The van der Waals surface area contributed by atoms with Crippen molar-refractivity contribution in [2.45, 2.75) is 6.92 Å². The third-order valence-corrected chi connectivity index (χ3v) is 4.02. The molecule has 0 fully saturated rings. The summed E-state index contributed by atoms with van der Waals surface area (Å²) in [6, 6.07) is 16.9. The maximum absolute atomic E-state index is 14.2. The fraction of sp³-hybridized carbons (Fsp3) is 0.0500. The summed E-state index contributed by atoms with van der Waals surface area (Å²) in [7, 11) is 0. The number of tetrazole rings is 1. The van der Waals surface area contributed by atoms with Crippen LogP contribution < -0.4 is 0 Å². The van der Waals surface area contributed by atoms with Gasteiger partial charge in [0.15, 0.2) is 5.78 Å². The lowest BCUT2D eigenvalue weighted by molar-refractivity contribution is 0.101. The summed E-state index contributed by atoms with van der Waals surface area (Å²) in [6.45, 7) is 1.49. The molecule has 0 aliphatic heterocycles. The maximum Gasteiger partial charge on any atom is 0.223 e. The number of hydrogen-bond donors (Lipinski definition) is 0. The average Bonchev–Trinajstić information content (AvgIpc) is 3.19. The number of Topliss-reactive ketones (excluding diaryl/α,β-unsaturated/α-hetero) is 1. The van der Waals surface area contributed by atoms with E-state index in [1.165, 1.54) is 23.9 Å². The number of carbonyl (C=O) groups is 1. The normalized spacial score (nSPS) is 10.7. The Morgan fingerprint density at radius 2 is 1.89 bits per heavy atom. The molecule has 2 aromatic heterocycles. The van der Waals surface area contributed by atoms with E-state index >= 15 is 0 Å². The van der Waals surface area contributed by atoms with Gasteiger partial charge >= 0.3 is 0 Å². The molecule has 0 aliphatic rings. The zero-order valence-electron chi connectivity index (χ0n) is 14.4. The van der Waals surface area contributed by atoms with Crippen molar-refractivity contribution in [1.82, 2.24) is 25.2 Å². The predicted octanol–water partition coefficient (Wildman–Crippen LogP) is 3.73. The van der Waals surface area contributed by atoms with Gasteiger partial charge in [-0.3, -0.25) is 9.78 Å². The molecule has 7 heteroatoms. The summed E-state index contributed by atoms with van der Waals surface area (Å²) >= 11 is 0. The zero-order chi connectivity index (χ0) is 18.8. The molecule has 0 saturated heterocycles. The van der Waals surface area contributed by atoms with Crippen LogP contribution in [0, 0.1) is 5.82 Å². The van der Waals surface area contributed by atoms with Crippen LogP contribution in [0.3, 0.4) is 0 Å². The lowest BCUT2D eigenvalue weighted by atomic mass is 10.0. The Balaban J connectivity index is 1.74. The van der Waals surface area contributed by atoms with Gasteiger partial charge in [0, 0.05) is 17.8 Å². The number of rotatable bonds is 4. The Hall–Kier alpha value is -3.74. The summed E-state index contributed by atoms with van der Waals surface area (Å²) in [5.74, 6) is -0.140. The minimum Gasteiger partial charge on any atom is -0.295 e. The molecule has 0 saturated carbocycles. The van der Waals surface area contributed by atoms with Gasteiger partial charge in [-0.2, -0.15) is 0 Å². The molecular weight excluding hydrogens is 345 g/mol. The van der Waals surface area contributed by atoms with Gasteiger partial charge in [0.2, 0.25) is 5.82 Å². The second-order valence-corrected chi connectivity index (χ2v) is 5.95. The molecule has 0 unspecified atom stereocenters. The summed E-state index contributed by atoms with van der Waals surface area (Å²) in [4.78, 5) is 17.0. The average molecular weight is 359 g/mol. The topological polar surface area (TPSA) is 73.6 Å². The minimum atomic E-state index is -0.438. The molecule has 0 bridgehead atoms. The van der Waals surface area contributed by atoms with E-state index in [0.29, 0.717) is 28.3 Å². The summed E-state index contributed by atoms with van der Waals surface area (Å²) in [6.07, 6.45) is 1.64. The van der Waals surface area contributed by atoms with Crippen molar-refractivity contribution >= 4 is 5.78 Å². The van der Waals surface area contributed by atoms with Crippen LogP contribution >= 0.6 is 0 Å². The molecule has 0 amide bonds. The molecule has 2 aromatic carbocycles. The van der Waals surface area contributed by atoms with Gasteiger partial charge in [-0.1, -0.05) is 24.3 Å². The molecule has 2 heterocycles. The Morgan fingerprint density at radius 1 is 1.00 bits per heavy atom. The smallest absolute Gasteiger partial charge is 0.223 e. The van der Waals surface area contributed by atoms with Crippen molar-refractivity contribution < 1.29 is 9.18 Å². The van der Waals surface area contributed by atoms with E-state index in [1.54, 1.807) is 42.6 Å². The molecule has 0 aliphatic carbocycles. The van der Waals surface area contributed by atoms with Crippen molar-refractivity contribution in [1.29, 1.82) is 0 Å². The van der Waals surface area contributed by atoms with E-state index in [2.05, 4.69) is 20.4 Å². The van der Waals surface area contributed by atoms with E-state index < -0.39 is 5.82 Å². The monoisotopic (exact) mass is 359 g/mol. The number of nitrogens with zero attached hydrogens (tertiary/aromatic N) is 5. The fourth-order valence-corrected chi connectivity index (χ4v) is 2.70. The van der Waals surface area contributed by atoms with E-state index in [4.69, 9.17) is 0 Å². The van der Waals surface area contributed by atoms with Crippen LogP contribution in [-0.4, -0.2) is 31.0 Å². The molecule has 0 spiro atoms. The molecule has 0 N–H and O–H groups in total. The highest BCUT2D eigenvalue weighted by Crippen LogP contribution is 2.25. The standard InChI is InChI=1S/C20H14FN5O/c1-13(27)14-5-4-6-15(9-14)16-10-17(21)12-18(11-16)26-24-20(23-25-26)19-7-2-3-8-22-19/h2-12H,1H3. The summed E-state index contributed by atoms with van der Waals surface area (Å²) in [5.41, 5.74) is 2.91. The van der Waals surface area contributed by atoms with Crippen molar-refractivity contribution in [3.05, 3.63) is 78.2 Å². The number of pyridine rings is 1. The molecule has 27 heavy (non-hydrogen) atoms. The number of hydrogen-bond acceptors (Lipinski definition) is 5. The highest BCUT2D eigenvalue weighted by Gasteiger charge is 2.11. The SMILES string of the molecule is CC(=O)c1cccc(-c2cc(F)cc(-n3nnc(-c4ccccn4)n3)c2)c1. The number of halogens is 1. The van der Waals surface area contributed by atoms with E-state index in [1.807, 2.05) is 12.1 Å². The van der Waals surface area contributed by atoms with Crippen molar-refractivity contribution in [2.75, 3.05) is 0 Å². The van der Waals surface area contributed by atoms with Gasteiger partial charge in [-0.25, -0.2) is 4.39 Å². The molecule has 132 valence electrons. The molecular formula is C20H14FN5O. The molecule has 4 aromatic rings. The Bertz CT molecular complexity index is 1120. The first-order valence-electron chi connectivity index (χ1n) is 8.24. The predicted molar refractivity (Wildman–Crippen MR) is 97.8 cm³/mol. The first-order chi connectivity index (χ1) is 13.1. The van der Waals surface area contributed by atoms with Crippen molar-refractivity contribution in [2.24, 2.45) is 0 Å². The minimum absolute atomic E-state index is 0.0496. The number of ketones is 1. The van der Waals surface area contributed by atoms with Crippen LogP contribution in [0.25, 0.3) is 28.3 Å². The fourth-order valence-electron chi connectivity index (χ4n) is 2.70. The van der Waals surface area contributed by atoms with Crippen molar-refractivity contribution in [3.63, 3.8) is 0 Å². The molecule has 4 rings (SSSR count). The Morgan fingerprint density at radius 3 is 2.67 bits per heavy atom. The van der Waals surface area contributed by atoms with Gasteiger partial charge in [-0.05, 0) is 53.6 Å². The van der Waals surface area contributed by atoms with Crippen molar-refractivity contribution in [3.8, 4) is 28.3 Å². The van der Waals surface area contributed by atoms with Gasteiger partial charge in [0.05, 0.1) is 5.69 Å². The van der Waals surface area contributed by atoms with Crippen LogP contribution in [-0.2, 0) is 0 Å². The Kier molecular flexibility index (Phi) is 4.25. The van der Waals surface area contributed by atoms with Crippen LogP contribution in [0.2, 0.25) is 0 Å². The molecule has 0 radical (unpaired) electrons. The number of benzene rings is 2. The van der Waals surface area contributed by atoms with E-state index in [9.17, 15) is 9.18 Å². The quantitative estimate of drug-likeness (QED) is 0.519. The third kappa shape index (κ3) is 3.48. The van der Waals surface area contributed by atoms with Gasteiger partial charge in [0.1, 0.15) is 11.5 Å². The zero-order valence-corrected chi connectivity index (χ0v) is 14.4. The van der Waals surface area contributed by atoms with E-state index in [-0.39, 0.29) is 5.78 Å². The second kappa shape index (κ2) is 6.87. The Labute approximate surface area is 154 Å². The van der Waals surface area contributed by atoms with Crippen LogP contribution in [0.4, 0.5) is 4.39 Å². The lowest BCUT2D eigenvalue weighted by Gasteiger charge is -2.07. The van der Waals surface area contributed by atoms with Gasteiger partial charge in [0.25, 0.3) is 0 Å². The van der Waals surface area contributed by atoms with Gasteiger partial charge < -0.3 is 0 Å². The summed E-state index contributed by atoms with van der Waals surface area (Å²) in [5, 5.41) is 12.3. The van der Waals surface area contributed by atoms with E-state index in [0.717, 1.165) is 5.56 Å². The number of carbonyl (C=O) groups excluding carboxylic acids is 1. The third-order valence-electron chi connectivity index (χ3n) is 4.02. The molecule has 0 atom stereocenters. The number of aromatic nitrogens is 5. The first kappa shape index (κ1) is 16.7. The van der Waals surface area contributed by atoms with Crippen LogP contribution in [0.5, 0.6) is 0 Å². The van der Waals surface area contributed by atoms with Gasteiger partial charge in [-0.15, -0.1) is 15.0 Å². The summed E-state index contributed by atoms with van der Waals surface area (Å²) < 4.78 is 14.2. The first-order valence-corrected chi connectivity index (χ1v) is 8.24. The highest BCUT2D eigenvalue weighted by molar-refractivity contribution is 5.95. The van der Waals surface area contributed by atoms with Crippen LogP contribution in [0.15, 0.2) is 66.9 Å². The largest absolute Gasteiger partial charge is 0.295 e. The molecule has 6 nitrogen and oxygen atoms in total. The maximum atomic E-state index is 14.2. The van der Waals surface area contributed by atoms with Crippen LogP contribution in [0.1, 0.15) is 17.3 Å². The highest BCUT2D eigenvalue weighted by atomic mass is 19.1. The lowest BCUT2D eigenvalue weighted by Crippen LogP contribution is -2.01. The second-order valence-electron chi connectivity index (χ2n) is 5.95.